The van der Waals surface area contributed by atoms with Crippen molar-refractivity contribution in [2.24, 2.45) is 5.92 Å². The maximum atomic E-state index is 13.3. The van der Waals surface area contributed by atoms with E-state index in [4.69, 9.17) is 0 Å². The smallest absolute Gasteiger partial charge is 0.270 e. The standard InChI is InChI=1S/C24H32N4O4S/c29-23(26-16-19-9-4-3-5-10-19)20-11-8-14-28(18-20)33(31,32)21-15-22(25-17-21)24(30)27-12-6-1-2-7-13-27/h3-5,9-10,15,17,20,25H,1-2,6-8,11-14,16,18H2,(H,26,29)/t20-/m0/s1. The number of carbonyl (C=O) groups is 2. The molecular weight excluding hydrogens is 440 g/mol. The van der Waals surface area contributed by atoms with Crippen molar-refractivity contribution in [3.8, 4) is 0 Å². The molecule has 0 radical (unpaired) electrons. The van der Waals surface area contributed by atoms with Crippen LogP contribution in [0.1, 0.15) is 54.6 Å². The number of nitrogens with one attached hydrogen (secondary N) is 2. The molecule has 2 N–H and O–H groups in total. The van der Waals surface area contributed by atoms with Crippen LogP contribution in [-0.2, 0) is 21.4 Å². The minimum Gasteiger partial charge on any atom is -0.356 e. The fraction of sp³-hybridized carbons (Fsp3) is 0.500. The SMILES string of the molecule is O=C(NCc1ccccc1)[C@H]1CCCN(S(=O)(=O)c2c[nH]c(C(=O)N3CCCCCC3)c2)C1. The van der Waals surface area contributed by atoms with Gasteiger partial charge in [0.25, 0.3) is 5.91 Å². The predicted molar refractivity (Wildman–Crippen MR) is 125 cm³/mol. The Kier molecular flexibility index (Phi) is 7.49. The highest BCUT2D eigenvalue weighted by molar-refractivity contribution is 7.89. The summed E-state index contributed by atoms with van der Waals surface area (Å²) in [5.74, 6) is -0.686. The van der Waals surface area contributed by atoms with Crippen LogP contribution in [0.15, 0.2) is 47.5 Å². The molecule has 2 aliphatic heterocycles. The van der Waals surface area contributed by atoms with Crippen LogP contribution >= 0.6 is 0 Å². The highest BCUT2D eigenvalue weighted by Gasteiger charge is 2.34. The summed E-state index contributed by atoms with van der Waals surface area (Å²) < 4.78 is 27.9. The molecule has 2 saturated heterocycles. The number of likely N-dealkylation sites (tertiary alicyclic amines) is 1. The van der Waals surface area contributed by atoms with Gasteiger partial charge in [-0.15, -0.1) is 0 Å². The van der Waals surface area contributed by atoms with E-state index in [1.165, 1.54) is 16.6 Å². The van der Waals surface area contributed by atoms with Gasteiger partial charge in [-0.05, 0) is 37.3 Å². The molecule has 1 aromatic carbocycles. The quantitative estimate of drug-likeness (QED) is 0.675. The Morgan fingerprint density at radius 1 is 1.00 bits per heavy atom. The van der Waals surface area contributed by atoms with Gasteiger partial charge in [-0.25, -0.2) is 8.42 Å². The molecule has 33 heavy (non-hydrogen) atoms. The van der Waals surface area contributed by atoms with Crippen molar-refractivity contribution in [1.82, 2.24) is 19.5 Å². The van der Waals surface area contributed by atoms with Gasteiger partial charge < -0.3 is 15.2 Å². The van der Waals surface area contributed by atoms with E-state index in [0.717, 1.165) is 31.2 Å². The van der Waals surface area contributed by atoms with E-state index in [2.05, 4.69) is 10.3 Å². The van der Waals surface area contributed by atoms with Crippen molar-refractivity contribution in [3.05, 3.63) is 53.9 Å². The topological polar surface area (TPSA) is 103 Å². The molecule has 2 aliphatic rings. The summed E-state index contributed by atoms with van der Waals surface area (Å²) in [5.41, 5.74) is 1.30. The van der Waals surface area contributed by atoms with E-state index in [1.54, 1.807) is 4.90 Å². The maximum Gasteiger partial charge on any atom is 0.270 e. The molecule has 2 aromatic rings. The first-order valence-electron chi connectivity index (χ1n) is 11.7. The zero-order valence-corrected chi connectivity index (χ0v) is 19.6. The number of H-pyrrole nitrogens is 1. The summed E-state index contributed by atoms with van der Waals surface area (Å²) in [6.07, 6.45) is 6.83. The lowest BCUT2D eigenvalue weighted by Crippen LogP contribution is -2.45. The number of hydrogen-bond donors (Lipinski definition) is 2. The van der Waals surface area contributed by atoms with Crippen molar-refractivity contribution in [2.45, 2.75) is 50.0 Å². The zero-order valence-electron chi connectivity index (χ0n) is 18.8. The summed E-state index contributed by atoms with van der Waals surface area (Å²) in [5, 5.41) is 2.92. The van der Waals surface area contributed by atoms with Crippen molar-refractivity contribution in [1.29, 1.82) is 0 Å². The average molecular weight is 473 g/mol. The van der Waals surface area contributed by atoms with Gasteiger partial charge in [0.05, 0.1) is 5.92 Å². The van der Waals surface area contributed by atoms with Gasteiger partial charge in [0.1, 0.15) is 10.6 Å². The fourth-order valence-corrected chi connectivity index (χ4v) is 6.06. The first kappa shape index (κ1) is 23.5. The second-order valence-electron chi connectivity index (χ2n) is 8.86. The number of aromatic amines is 1. The van der Waals surface area contributed by atoms with Crippen molar-refractivity contribution in [3.63, 3.8) is 0 Å². The number of aromatic nitrogens is 1. The first-order valence-corrected chi connectivity index (χ1v) is 13.2. The van der Waals surface area contributed by atoms with Crippen LogP contribution in [0.25, 0.3) is 0 Å². The minimum absolute atomic E-state index is 0.0750. The molecule has 4 rings (SSSR count). The Bertz CT molecular complexity index is 1060. The Balaban J connectivity index is 1.39. The number of rotatable bonds is 6. The highest BCUT2D eigenvalue weighted by atomic mass is 32.2. The number of sulfonamides is 1. The molecule has 0 saturated carbocycles. The van der Waals surface area contributed by atoms with Crippen LogP contribution in [0.3, 0.4) is 0 Å². The Hall–Kier alpha value is -2.65. The lowest BCUT2D eigenvalue weighted by molar-refractivity contribution is -0.126. The first-order chi connectivity index (χ1) is 15.9. The monoisotopic (exact) mass is 472 g/mol. The van der Waals surface area contributed by atoms with E-state index < -0.39 is 15.9 Å². The number of carbonyl (C=O) groups excluding carboxylic acids is 2. The molecule has 3 heterocycles. The third kappa shape index (κ3) is 5.65. The average Bonchev–Trinajstić information content (AvgIpc) is 3.20. The van der Waals surface area contributed by atoms with Crippen molar-refractivity contribution in [2.75, 3.05) is 26.2 Å². The second-order valence-corrected chi connectivity index (χ2v) is 10.8. The van der Waals surface area contributed by atoms with Gasteiger partial charge in [-0.2, -0.15) is 4.31 Å². The lowest BCUT2D eigenvalue weighted by atomic mass is 9.99. The lowest BCUT2D eigenvalue weighted by Gasteiger charge is -2.31. The van der Waals surface area contributed by atoms with Gasteiger partial charge >= 0.3 is 0 Å². The molecule has 0 bridgehead atoms. The van der Waals surface area contributed by atoms with E-state index in [0.29, 0.717) is 44.7 Å². The number of piperidine rings is 1. The maximum absolute atomic E-state index is 13.3. The molecule has 1 atom stereocenters. The molecule has 0 unspecified atom stereocenters. The van der Waals surface area contributed by atoms with Gasteiger partial charge in [0.15, 0.2) is 0 Å². The van der Waals surface area contributed by atoms with Crippen LogP contribution in [0.2, 0.25) is 0 Å². The summed E-state index contributed by atoms with van der Waals surface area (Å²) in [6.45, 7) is 2.33. The van der Waals surface area contributed by atoms with E-state index in [-0.39, 0.29) is 23.3 Å². The van der Waals surface area contributed by atoms with Crippen molar-refractivity contribution >= 4 is 21.8 Å². The van der Waals surface area contributed by atoms with Crippen LogP contribution in [-0.4, -0.2) is 60.6 Å². The molecule has 2 amide bonds. The molecular formula is C24H32N4O4S. The second kappa shape index (κ2) is 10.5. The normalized spacial score (nSPS) is 20.2. The molecule has 9 heteroatoms. The molecule has 0 aliphatic carbocycles. The van der Waals surface area contributed by atoms with Crippen LogP contribution in [0.5, 0.6) is 0 Å². The van der Waals surface area contributed by atoms with Gasteiger partial charge in [-0.3, -0.25) is 9.59 Å². The van der Waals surface area contributed by atoms with Crippen molar-refractivity contribution < 1.29 is 18.0 Å². The third-order valence-electron chi connectivity index (χ3n) is 6.48. The molecule has 2 fully saturated rings. The predicted octanol–water partition coefficient (Wildman–Crippen LogP) is 2.75. The van der Waals surface area contributed by atoms with E-state index in [9.17, 15) is 18.0 Å². The number of nitrogens with zero attached hydrogens (tertiary/aromatic N) is 2. The van der Waals surface area contributed by atoms with E-state index >= 15 is 0 Å². The third-order valence-corrected chi connectivity index (χ3v) is 8.33. The molecule has 8 nitrogen and oxygen atoms in total. The summed E-state index contributed by atoms with van der Waals surface area (Å²) in [7, 11) is -3.79. The van der Waals surface area contributed by atoms with E-state index in [1.807, 2.05) is 30.3 Å². The summed E-state index contributed by atoms with van der Waals surface area (Å²) >= 11 is 0. The largest absolute Gasteiger partial charge is 0.356 e. The number of benzene rings is 1. The van der Waals surface area contributed by atoms with Gasteiger partial charge in [0, 0.05) is 38.9 Å². The Morgan fingerprint density at radius 3 is 2.45 bits per heavy atom. The minimum atomic E-state index is -3.79. The molecule has 0 spiro atoms. The Labute approximate surface area is 195 Å². The summed E-state index contributed by atoms with van der Waals surface area (Å²) in [6, 6.07) is 11.1. The molecule has 178 valence electrons. The van der Waals surface area contributed by atoms with Gasteiger partial charge in [0.2, 0.25) is 15.9 Å². The number of hydrogen-bond acceptors (Lipinski definition) is 4. The fourth-order valence-electron chi connectivity index (χ4n) is 4.54. The van der Waals surface area contributed by atoms with Gasteiger partial charge in [-0.1, -0.05) is 43.2 Å². The molecule has 1 aromatic heterocycles. The number of amides is 2. The van der Waals surface area contributed by atoms with Crippen LogP contribution in [0.4, 0.5) is 0 Å². The zero-order chi connectivity index (χ0) is 23.3. The highest BCUT2D eigenvalue weighted by Crippen LogP contribution is 2.25. The Morgan fingerprint density at radius 2 is 1.73 bits per heavy atom. The van der Waals surface area contributed by atoms with Crippen LogP contribution < -0.4 is 5.32 Å². The van der Waals surface area contributed by atoms with Crippen LogP contribution in [0, 0.1) is 5.92 Å². The summed E-state index contributed by atoms with van der Waals surface area (Å²) in [4.78, 5) is 30.3.